The molecular formula is C19H20N2O4. The molecule has 0 radical (unpaired) electrons. The van der Waals surface area contributed by atoms with Crippen LogP contribution in [-0.2, 0) is 11.3 Å². The molecular weight excluding hydrogens is 320 g/mol. The lowest BCUT2D eigenvalue weighted by Gasteiger charge is -2.30. The summed E-state index contributed by atoms with van der Waals surface area (Å²) in [5, 5.41) is 9.06. The highest BCUT2D eigenvalue weighted by molar-refractivity contribution is 5.91. The average molecular weight is 340 g/mol. The summed E-state index contributed by atoms with van der Waals surface area (Å²) < 4.78 is 16.6. The Morgan fingerprint density at radius 3 is 2.76 bits per heavy atom. The van der Waals surface area contributed by atoms with Gasteiger partial charge in [0.15, 0.2) is 5.76 Å². The first-order valence-corrected chi connectivity index (χ1v) is 8.24. The van der Waals surface area contributed by atoms with E-state index in [1.807, 2.05) is 0 Å². The van der Waals surface area contributed by atoms with Gasteiger partial charge < -0.3 is 18.8 Å². The molecule has 2 aromatic rings. The van der Waals surface area contributed by atoms with E-state index in [9.17, 15) is 4.79 Å². The van der Waals surface area contributed by atoms with Gasteiger partial charge in [-0.1, -0.05) is 12.1 Å². The number of benzene rings is 1. The number of nitriles is 1. The van der Waals surface area contributed by atoms with Crippen molar-refractivity contribution in [1.29, 1.82) is 5.26 Å². The van der Waals surface area contributed by atoms with Gasteiger partial charge in [-0.3, -0.25) is 4.79 Å². The van der Waals surface area contributed by atoms with E-state index in [4.69, 9.17) is 19.2 Å². The molecule has 0 saturated carbocycles. The number of methoxy groups -OCH3 is 1. The molecule has 3 rings (SSSR count). The maximum Gasteiger partial charge on any atom is 0.289 e. The number of ether oxygens (including phenoxy) is 2. The number of rotatable bonds is 5. The summed E-state index contributed by atoms with van der Waals surface area (Å²) in [7, 11) is 1.70. The Kier molecular flexibility index (Phi) is 5.36. The highest BCUT2D eigenvalue weighted by atomic mass is 16.5. The number of carbonyl (C=O) groups is 1. The standard InChI is InChI=1S/C19H20N2O4/c1-23-15-8-10-21(11-9-15)19(22)18-7-6-16(25-18)13-24-17-5-3-2-4-14(17)12-20/h2-7,15H,8-11,13H2,1H3. The lowest BCUT2D eigenvalue weighted by atomic mass is 10.1. The van der Waals surface area contributed by atoms with E-state index in [0.29, 0.717) is 35.9 Å². The minimum absolute atomic E-state index is 0.113. The summed E-state index contributed by atoms with van der Waals surface area (Å²) in [5.41, 5.74) is 0.464. The maximum absolute atomic E-state index is 12.5. The van der Waals surface area contributed by atoms with Crippen molar-refractivity contribution in [2.75, 3.05) is 20.2 Å². The molecule has 0 spiro atoms. The van der Waals surface area contributed by atoms with E-state index in [1.54, 1.807) is 48.4 Å². The molecule has 1 fully saturated rings. The van der Waals surface area contributed by atoms with Gasteiger partial charge in [0.1, 0.15) is 24.2 Å². The van der Waals surface area contributed by atoms with Crippen LogP contribution in [0.4, 0.5) is 0 Å². The molecule has 1 aliphatic rings. The first-order chi connectivity index (χ1) is 12.2. The third-order valence-corrected chi connectivity index (χ3v) is 4.31. The molecule has 1 aliphatic heterocycles. The molecule has 1 amide bonds. The molecule has 25 heavy (non-hydrogen) atoms. The van der Waals surface area contributed by atoms with E-state index in [2.05, 4.69) is 6.07 Å². The van der Waals surface area contributed by atoms with Crippen LogP contribution in [0.15, 0.2) is 40.8 Å². The zero-order chi connectivity index (χ0) is 17.6. The summed E-state index contributed by atoms with van der Waals surface area (Å²) in [6, 6.07) is 12.5. The third kappa shape index (κ3) is 4.01. The summed E-state index contributed by atoms with van der Waals surface area (Å²) in [6.45, 7) is 1.50. The Hall–Kier alpha value is -2.78. The van der Waals surface area contributed by atoms with Crippen LogP contribution >= 0.6 is 0 Å². The first-order valence-electron chi connectivity index (χ1n) is 8.24. The summed E-state index contributed by atoms with van der Waals surface area (Å²) in [4.78, 5) is 14.3. The van der Waals surface area contributed by atoms with Crippen LogP contribution in [-0.4, -0.2) is 37.1 Å². The van der Waals surface area contributed by atoms with Crippen molar-refractivity contribution in [1.82, 2.24) is 4.90 Å². The van der Waals surface area contributed by atoms with Gasteiger partial charge in [-0.2, -0.15) is 5.26 Å². The molecule has 6 nitrogen and oxygen atoms in total. The van der Waals surface area contributed by atoms with Crippen LogP contribution < -0.4 is 4.74 Å². The van der Waals surface area contributed by atoms with Crippen molar-refractivity contribution in [2.24, 2.45) is 0 Å². The van der Waals surface area contributed by atoms with Gasteiger partial charge in [0.05, 0.1) is 11.7 Å². The molecule has 1 aromatic heterocycles. The number of carbonyl (C=O) groups excluding carboxylic acids is 1. The SMILES string of the molecule is COC1CCN(C(=O)c2ccc(COc3ccccc3C#N)o2)CC1. The second-order valence-corrected chi connectivity index (χ2v) is 5.89. The van der Waals surface area contributed by atoms with Crippen LogP contribution in [0, 0.1) is 11.3 Å². The quantitative estimate of drug-likeness (QED) is 0.836. The van der Waals surface area contributed by atoms with Crippen molar-refractivity contribution in [2.45, 2.75) is 25.6 Å². The molecule has 0 N–H and O–H groups in total. The molecule has 2 heterocycles. The van der Waals surface area contributed by atoms with E-state index in [1.165, 1.54) is 0 Å². The van der Waals surface area contributed by atoms with Crippen LogP contribution in [0.5, 0.6) is 5.75 Å². The number of likely N-dealkylation sites (tertiary alicyclic amines) is 1. The van der Waals surface area contributed by atoms with Crippen LogP contribution in [0.1, 0.15) is 34.7 Å². The lowest BCUT2D eigenvalue weighted by molar-refractivity contribution is 0.0333. The van der Waals surface area contributed by atoms with Gasteiger partial charge in [0.25, 0.3) is 5.91 Å². The Labute approximate surface area is 146 Å². The van der Waals surface area contributed by atoms with Crippen molar-refractivity contribution in [3.05, 3.63) is 53.5 Å². The molecule has 130 valence electrons. The second-order valence-electron chi connectivity index (χ2n) is 5.89. The van der Waals surface area contributed by atoms with Crippen LogP contribution in [0.2, 0.25) is 0 Å². The van der Waals surface area contributed by atoms with Gasteiger partial charge in [-0.05, 0) is 37.1 Å². The maximum atomic E-state index is 12.5. The van der Waals surface area contributed by atoms with Crippen molar-refractivity contribution in [3.8, 4) is 11.8 Å². The fourth-order valence-corrected chi connectivity index (χ4v) is 2.85. The molecule has 0 bridgehead atoms. The Morgan fingerprint density at radius 1 is 1.28 bits per heavy atom. The minimum Gasteiger partial charge on any atom is -0.484 e. The van der Waals surface area contributed by atoms with Gasteiger partial charge in [-0.25, -0.2) is 0 Å². The predicted octanol–water partition coefficient (Wildman–Crippen LogP) is 2.98. The fraction of sp³-hybridized carbons (Fsp3) is 0.368. The van der Waals surface area contributed by atoms with Crippen molar-refractivity contribution < 1.29 is 18.7 Å². The molecule has 1 aromatic carbocycles. The Balaban J connectivity index is 1.59. The van der Waals surface area contributed by atoms with Crippen LogP contribution in [0.3, 0.4) is 0 Å². The normalized spacial score (nSPS) is 15.0. The van der Waals surface area contributed by atoms with E-state index in [0.717, 1.165) is 12.8 Å². The number of para-hydroxylation sites is 1. The van der Waals surface area contributed by atoms with E-state index >= 15 is 0 Å². The van der Waals surface area contributed by atoms with Gasteiger partial charge in [0, 0.05) is 20.2 Å². The largest absolute Gasteiger partial charge is 0.484 e. The highest BCUT2D eigenvalue weighted by Crippen LogP contribution is 2.20. The monoisotopic (exact) mass is 340 g/mol. The molecule has 6 heteroatoms. The number of hydrogen-bond donors (Lipinski definition) is 0. The number of amides is 1. The van der Waals surface area contributed by atoms with Gasteiger partial charge >= 0.3 is 0 Å². The first kappa shape index (κ1) is 17.1. The number of hydrogen-bond acceptors (Lipinski definition) is 5. The zero-order valence-electron chi connectivity index (χ0n) is 14.1. The molecule has 1 saturated heterocycles. The summed E-state index contributed by atoms with van der Waals surface area (Å²) >= 11 is 0. The highest BCUT2D eigenvalue weighted by Gasteiger charge is 2.25. The number of nitrogens with zero attached hydrogens (tertiary/aromatic N) is 2. The van der Waals surface area contributed by atoms with E-state index in [-0.39, 0.29) is 18.6 Å². The minimum atomic E-state index is -0.113. The summed E-state index contributed by atoms with van der Waals surface area (Å²) in [6.07, 6.45) is 1.90. The van der Waals surface area contributed by atoms with E-state index < -0.39 is 0 Å². The Morgan fingerprint density at radius 2 is 2.04 bits per heavy atom. The summed E-state index contributed by atoms with van der Waals surface area (Å²) in [5.74, 6) is 1.24. The van der Waals surface area contributed by atoms with Crippen molar-refractivity contribution >= 4 is 5.91 Å². The van der Waals surface area contributed by atoms with Crippen LogP contribution in [0.25, 0.3) is 0 Å². The topological polar surface area (TPSA) is 75.7 Å². The number of piperidine rings is 1. The lowest BCUT2D eigenvalue weighted by Crippen LogP contribution is -2.40. The Bertz CT molecular complexity index is 770. The third-order valence-electron chi connectivity index (χ3n) is 4.31. The molecule has 0 unspecified atom stereocenters. The molecule has 0 atom stereocenters. The van der Waals surface area contributed by atoms with Gasteiger partial charge in [0.2, 0.25) is 0 Å². The number of furan rings is 1. The second kappa shape index (κ2) is 7.86. The van der Waals surface area contributed by atoms with Crippen molar-refractivity contribution in [3.63, 3.8) is 0 Å². The molecule has 0 aliphatic carbocycles. The smallest absolute Gasteiger partial charge is 0.289 e. The average Bonchev–Trinajstić information content (AvgIpc) is 3.15. The fourth-order valence-electron chi connectivity index (χ4n) is 2.85. The predicted molar refractivity (Wildman–Crippen MR) is 90.1 cm³/mol. The zero-order valence-corrected chi connectivity index (χ0v) is 14.1. The van der Waals surface area contributed by atoms with Gasteiger partial charge in [-0.15, -0.1) is 0 Å².